The van der Waals surface area contributed by atoms with Crippen molar-refractivity contribution >= 4 is 5.97 Å². The second kappa shape index (κ2) is 6.83. The summed E-state index contributed by atoms with van der Waals surface area (Å²) < 4.78 is 5.07. The fourth-order valence-corrected chi connectivity index (χ4v) is 1.86. The van der Waals surface area contributed by atoms with E-state index < -0.39 is 11.4 Å². The van der Waals surface area contributed by atoms with Crippen LogP contribution < -0.4 is 0 Å². The Morgan fingerprint density at radius 1 is 1.40 bits per heavy atom. The summed E-state index contributed by atoms with van der Waals surface area (Å²) in [6.45, 7) is 6.57. The molecule has 90 valence electrons. The monoisotopic (exact) mass is 216 g/mol. The molecule has 0 aliphatic heterocycles. The first kappa shape index (κ1) is 14.4. The highest BCUT2D eigenvalue weighted by Gasteiger charge is 2.37. The van der Waals surface area contributed by atoms with E-state index in [1.807, 2.05) is 6.92 Å². The quantitative estimate of drug-likeness (QED) is 0.678. The van der Waals surface area contributed by atoms with Gasteiger partial charge < -0.3 is 9.84 Å². The summed E-state index contributed by atoms with van der Waals surface area (Å²) in [5.74, 6) is -0.177. The highest BCUT2D eigenvalue weighted by Crippen LogP contribution is 2.32. The first-order valence-corrected chi connectivity index (χ1v) is 5.71. The van der Waals surface area contributed by atoms with Gasteiger partial charge in [-0.05, 0) is 25.2 Å². The van der Waals surface area contributed by atoms with Crippen molar-refractivity contribution in [3.63, 3.8) is 0 Å². The lowest BCUT2D eigenvalue weighted by atomic mass is 9.78. The molecule has 3 nitrogen and oxygen atoms in total. The molecule has 0 bridgehead atoms. The van der Waals surface area contributed by atoms with E-state index in [0.717, 1.165) is 12.8 Å². The smallest absolute Gasteiger partial charge is 0.311 e. The highest BCUT2D eigenvalue weighted by atomic mass is 16.5. The van der Waals surface area contributed by atoms with Crippen molar-refractivity contribution in [2.75, 3.05) is 13.7 Å². The molecule has 0 radical (unpaired) electrons. The number of methoxy groups -OCH3 is 1. The van der Waals surface area contributed by atoms with Crippen LogP contribution in [0.3, 0.4) is 0 Å². The zero-order valence-electron chi connectivity index (χ0n) is 10.4. The fourth-order valence-electron chi connectivity index (χ4n) is 1.86. The molecule has 0 spiro atoms. The van der Waals surface area contributed by atoms with Crippen LogP contribution in [-0.2, 0) is 9.53 Å². The van der Waals surface area contributed by atoms with E-state index >= 15 is 0 Å². The van der Waals surface area contributed by atoms with Crippen LogP contribution in [0.4, 0.5) is 0 Å². The van der Waals surface area contributed by atoms with Crippen LogP contribution in [-0.4, -0.2) is 24.8 Å². The first-order valence-electron chi connectivity index (χ1n) is 5.71. The van der Waals surface area contributed by atoms with Crippen molar-refractivity contribution in [1.29, 1.82) is 0 Å². The van der Waals surface area contributed by atoms with Crippen LogP contribution in [0.25, 0.3) is 0 Å². The van der Waals surface area contributed by atoms with Gasteiger partial charge in [-0.2, -0.15) is 0 Å². The van der Waals surface area contributed by atoms with Crippen LogP contribution >= 0.6 is 0 Å². The fraction of sp³-hybridized carbons (Fsp3) is 0.917. The summed E-state index contributed by atoms with van der Waals surface area (Å²) in [6.07, 6.45) is 3.23. The van der Waals surface area contributed by atoms with E-state index in [2.05, 4.69) is 13.8 Å². The van der Waals surface area contributed by atoms with Crippen molar-refractivity contribution in [1.82, 2.24) is 0 Å². The molecule has 0 aromatic heterocycles. The zero-order chi connectivity index (χ0) is 11.9. The molecule has 1 atom stereocenters. The van der Waals surface area contributed by atoms with Gasteiger partial charge in [0, 0.05) is 7.11 Å². The normalized spacial score (nSPS) is 15.3. The molecule has 0 rings (SSSR count). The minimum Gasteiger partial charge on any atom is -0.481 e. The van der Waals surface area contributed by atoms with Gasteiger partial charge in [0.05, 0.1) is 12.0 Å². The van der Waals surface area contributed by atoms with E-state index in [-0.39, 0.29) is 0 Å². The molecular weight excluding hydrogens is 192 g/mol. The minimum atomic E-state index is -0.716. The van der Waals surface area contributed by atoms with Crippen molar-refractivity contribution in [2.24, 2.45) is 11.3 Å². The maximum Gasteiger partial charge on any atom is 0.311 e. The first-order chi connectivity index (χ1) is 6.98. The van der Waals surface area contributed by atoms with Crippen molar-refractivity contribution in [3.8, 4) is 0 Å². The molecule has 0 saturated carbocycles. The van der Waals surface area contributed by atoms with Crippen molar-refractivity contribution in [2.45, 2.75) is 46.5 Å². The summed E-state index contributed by atoms with van der Waals surface area (Å²) in [4.78, 5) is 11.3. The maximum atomic E-state index is 11.3. The van der Waals surface area contributed by atoms with E-state index in [1.165, 1.54) is 0 Å². The maximum absolute atomic E-state index is 11.3. The van der Waals surface area contributed by atoms with Crippen LogP contribution in [0, 0.1) is 11.3 Å². The molecule has 0 aliphatic carbocycles. The molecule has 0 fully saturated rings. The number of carboxylic acids is 1. The van der Waals surface area contributed by atoms with Gasteiger partial charge in [-0.1, -0.05) is 27.2 Å². The van der Waals surface area contributed by atoms with E-state index in [4.69, 9.17) is 4.74 Å². The number of ether oxygens (including phenoxy) is 1. The van der Waals surface area contributed by atoms with Crippen molar-refractivity contribution in [3.05, 3.63) is 0 Å². The molecular formula is C12H24O3. The molecule has 1 unspecified atom stereocenters. The molecule has 0 saturated heterocycles. The van der Waals surface area contributed by atoms with E-state index in [1.54, 1.807) is 7.11 Å². The van der Waals surface area contributed by atoms with Gasteiger partial charge in [0.15, 0.2) is 0 Å². The average molecular weight is 216 g/mol. The Balaban J connectivity index is 4.54. The molecule has 0 heterocycles. The number of hydrogen-bond donors (Lipinski definition) is 1. The third-order valence-electron chi connectivity index (χ3n) is 2.80. The van der Waals surface area contributed by atoms with E-state index in [9.17, 15) is 9.90 Å². The Hall–Kier alpha value is -0.570. The Bertz CT molecular complexity index is 181. The molecule has 15 heavy (non-hydrogen) atoms. The molecule has 0 aromatic rings. The van der Waals surface area contributed by atoms with Gasteiger partial charge in [0.2, 0.25) is 0 Å². The molecule has 0 amide bonds. The largest absolute Gasteiger partial charge is 0.481 e. The molecule has 0 aliphatic rings. The highest BCUT2D eigenvalue weighted by molar-refractivity contribution is 5.74. The lowest BCUT2D eigenvalue weighted by Gasteiger charge is -2.29. The zero-order valence-corrected chi connectivity index (χ0v) is 10.4. The predicted octanol–water partition coefficient (Wildman–Crippen LogP) is 2.94. The predicted molar refractivity (Wildman–Crippen MR) is 60.9 cm³/mol. The lowest BCUT2D eigenvalue weighted by Crippen LogP contribution is -2.36. The Morgan fingerprint density at radius 3 is 2.33 bits per heavy atom. The average Bonchev–Trinajstić information content (AvgIpc) is 2.14. The third kappa shape index (κ3) is 4.65. The Labute approximate surface area is 92.8 Å². The molecule has 0 aromatic carbocycles. The van der Waals surface area contributed by atoms with Crippen LogP contribution in [0.15, 0.2) is 0 Å². The van der Waals surface area contributed by atoms with Crippen molar-refractivity contribution < 1.29 is 14.6 Å². The van der Waals surface area contributed by atoms with Crippen LogP contribution in [0.2, 0.25) is 0 Å². The number of hydrogen-bond acceptors (Lipinski definition) is 2. The number of aliphatic carboxylic acids is 1. The summed E-state index contributed by atoms with van der Waals surface area (Å²) >= 11 is 0. The van der Waals surface area contributed by atoms with Gasteiger partial charge in [0.1, 0.15) is 0 Å². The van der Waals surface area contributed by atoms with Gasteiger partial charge >= 0.3 is 5.97 Å². The topological polar surface area (TPSA) is 46.5 Å². The van der Waals surface area contributed by atoms with Crippen LogP contribution in [0.1, 0.15) is 46.5 Å². The molecule has 3 heteroatoms. The van der Waals surface area contributed by atoms with Gasteiger partial charge in [0.25, 0.3) is 0 Å². The second-order valence-corrected chi connectivity index (χ2v) is 4.70. The SMILES string of the molecule is CCCC(CCC(C)C)(COC)C(=O)O. The third-order valence-corrected chi connectivity index (χ3v) is 2.80. The summed E-state index contributed by atoms with van der Waals surface area (Å²) in [5.41, 5.74) is -0.673. The Morgan fingerprint density at radius 2 is 2.00 bits per heavy atom. The van der Waals surface area contributed by atoms with E-state index in [0.29, 0.717) is 25.4 Å². The van der Waals surface area contributed by atoms with Gasteiger partial charge in [-0.25, -0.2) is 0 Å². The Kier molecular flexibility index (Phi) is 6.57. The number of carbonyl (C=O) groups is 1. The summed E-state index contributed by atoms with van der Waals surface area (Å²) in [5, 5.41) is 9.32. The van der Waals surface area contributed by atoms with Gasteiger partial charge in [-0.3, -0.25) is 4.79 Å². The summed E-state index contributed by atoms with van der Waals surface area (Å²) in [7, 11) is 1.57. The van der Waals surface area contributed by atoms with Crippen LogP contribution in [0.5, 0.6) is 0 Å². The lowest BCUT2D eigenvalue weighted by molar-refractivity contribution is -0.153. The standard InChI is InChI=1S/C12H24O3/c1-5-7-12(9-15-4,11(13)14)8-6-10(2)3/h10H,5-9H2,1-4H3,(H,13,14). The second-order valence-electron chi connectivity index (χ2n) is 4.70. The summed E-state index contributed by atoms with van der Waals surface area (Å²) in [6, 6.07) is 0. The number of carboxylic acid groups (broad SMARTS) is 1. The number of rotatable bonds is 8. The van der Waals surface area contributed by atoms with Gasteiger partial charge in [-0.15, -0.1) is 0 Å². The molecule has 1 N–H and O–H groups in total. The minimum absolute atomic E-state index is 0.322.